The SMILES string of the molecule is O=C1CCCN1c1ccc(NS(=O)(=O)CCCl)cc1. The largest absolute Gasteiger partial charge is 0.312 e. The number of hydrogen-bond donors (Lipinski definition) is 1. The van der Waals surface area contributed by atoms with Crippen LogP contribution in [0, 0.1) is 0 Å². The van der Waals surface area contributed by atoms with Gasteiger partial charge in [-0.05, 0) is 30.7 Å². The molecule has 7 heteroatoms. The Morgan fingerprint density at radius 2 is 1.95 bits per heavy atom. The fraction of sp³-hybridized carbons (Fsp3) is 0.417. The van der Waals surface area contributed by atoms with E-state index in [2.05, 4.69) is 4.72 Å². The van der Waals surface area contributed by atoms with Crippen LogP contribution in [-0.2, 0) is 14.8 Å². The van der Waals surface area contributed by atoms with Gasteiger partial charge in [-0.3, -0.25) is 9.52 Å². The average Bonchev–Trinajstić information content (AvgIpc) is 2.76. The van der Waals surface area contributed by atoms with Gasteiger partial charge in [-0.2, -0.15) is 0 Å². The van der Waals surface area contributed by atoms with Gasteiger partial charge in [-0.15, -0.1) is 11.6 Å². The Morgan fingerprint density at radius 3 is 2.47 bits per heavy atom. The molecule has 0 aromatic heterocycles. The van der Waals surface area contributed by atoms with E-state index in [0.717, 1.165) is 18.7 Å². The molecule has 0 atom stereocenters. The second-order valence-corrected chi connectivity index (χ2v) is 6.53. The molecular weight excluding hydrogens is 288 g/mol. The second-order valence-electron chi connectivity index (χ2n) is 4.31. The van der Waals surface area contributed by atoms with E-state index in [1.54, 1.807) is 29.2 Å². The normalized spacial score (nSPS) is 15.8. The maximum atomic E-state index is 11.6. The average molecular weight is 303 g/mol. The van der Waals surface area contributed by atoms with Gasteiger partial charge in [0, 0.05) is 30.2 Å². The number of carbonyl (C=O) groups excluding carboxylic acids is 1. The van der Waals surface area contributed by atoms with Crippen molar-refractivity contribution in [2.75, 3.05) is 27.8 Å². The topological polar surface area (TPSA) is 66.5 Å². The summed E-state index contributed by atoms with van der Waals surface area (Å²) < 4.78 is 25.5. The summed E-state index contributed by atoms with van der Waals surface area (Å²) in [5, 5.41) is 0. The molecule has 5 nitrogen and oxygen atoms in total. The predicted molar refractivity (Wildman–Crippen MR) is 76.2 cm³/mol. The van der Waals surface area contributed by atoms with E-state index >= 15 is 0 Å². The van der Waals surface area contributed by atoms with Crippen LogP contribution in [0.1, 0.15) is 12.8 Å². The van der Waals surface area contributed by atoms with E-state index in [4.69, 9.17) is 11.6 Å². The van der Waals surface area contributed by atoms with Crippen molar-refractivity contribution >= 4 is 38.9 Å². The third-order valence-electron chi connectivity index (χ3n) is 2.87. The van der Waals surface area contributed by atoms with Crippen molar-refractivity contribution in [1.29, 1.82) is 0 Å². The van der Waals surface area contributed by atoms with Crippen molar-refractivity contribution in [2.45, 2.75) is 12.8 Å². The standard InChI is InChI=1S/C12H15ClN2O3S/c13-7-9-19(17,18)14-10-3-5-11(6-4-10)15-8-1-2-12(15)16/h3-6,14H,1-2,7-9H2. The molecular formula is C12H15ClN2O3S. The molecule has 1 saturated heterocycles. The molecule has 1 aromatic rings. The van der Waals surface area contributed by atoms with E-state index in [1.807, 2.05) is 0 Å². The molecule has 19 heavy (non-hydrogen) atoms. The quantitative estimate of drug-likeness (QED) is 0.843. The Kier molecular flexibility index (Phi) is 4.31. The fourth-order valence-corrected chi connectivity index (χ4v) is 3.37. The maximum Gasteiger partial charge on any atom is 0.233 e. The highest BCUT2D eigenvalue weighted by Gasteiger charge is 2.21. The van der Waals surface area contributed by atoms with Crippen molar-refractivity contribution in [1.82, 2.24) is 0 Å². The van der Waals surface area contributed by atoms with Crippen LogP contribution in [0.5, 0.6) is 0 Å². The van der Waals surface area contributed by atoms with Crippen LogP contribution >= 0.6 is 11.6 Å². The fourth-order valence-electron chi connectivity index (χ4n) is 1.96. The van der Waals surface area contributed by atoms with Crippen LogP contribution in [0.3, 0.4) is 0 Å². The van der Waals surface area contributed by atoms with E-state index in [1.165, 1.54) is 0 Å². The lowest BCUT2D eigenvalue weighted by Crippen LogP contribution is -2.23. The summed E-state index contributed by atoms with van der Waals surface area (Å²) in [6.07, 6.45) is 1.44. The van der Waals surface area contributed by atoms with Gasteiger partial charge in [0.05, 0.1) is 5.75 Å². The molecule has 1 fully saturated rings. The van der Waals surface area contributed by atoms with E-state index in [9.17, 15) is 13.2 Å². The molecule has 0 aliphatic carbocycles. The van der Waals surface area contributed by atoms with Crippen LogP contribution in [0.2, 0.25) is 0 Å². The summed E-state index contributed by atoms with van der Waals surface area (Å²) in [6, 6.07) is 6.77. The number of rotatable bonds is 5. The smallest absolute Gasteiger partial charge is 0.233 e. The van der Waals surface area contributed by atoms with Gasteiger partial charge in [-0.1, -0.05) is 0 Å². The zero-order valence-corrected chi connectivity index (χ0v) is 11.9. The van der Waals surface area contributed by atoms with Crippen LogP contribution in [0.25, 0.3) is 0 Å². The molecule has 1 N–H and O–H groups in total. The van der Waals surface area contributed by atoms with Crippen molar-refractivity contribution in [3.8, 4) is 0 Å². The third kappa shape index (κ3) is 3.61. The lowest BCUT2D eigenvalue weighted by atomic mass is 10.2. The van der Waals surface area contributed by atoms with Gasteiger partial charge in [0.15, 0.2) is 0 Å². The van der Waals surface area contributed by atoms with Crippen molar-refractivity contribution in [3.63, 3.8) is 0 Å². The summed E-state index contributed by atoms with van der Waals surface area (Å²) >= 11 is 5.42. The Morgan fingerprint density at radius 1 is 1.26 bits per heavy atom. The van der Waals surface area contributed by atoms with E-state index < -0.39 is 10.0 Å². The first-order chi connectivity index (χ1) is 9.02. The molecule has 0 radical (unpaired) electrons. The molecule has 1 aromatic carbocycles. The molecule has 1 aliphatic heterocycles. The Balaban J connectivity index is 2.08. The van der Waals surface area contributed by atoms with Crippen LogP contribution < -0.4 is 9.62 Å². The minimum atomic E-state index is -3.39. The molecule has 1 aliphatic rings. The van der Waals surface area contributed by atoms with Gasteiger partial charge in [0.25, 0.3) is 0 Å². The summed E-state index contributed by atoms with van der Waals surface area (Å²) in [4.78, 5) is 13.3. The van der Waals surface area contributed by atoms with Gasteiger partial charge < -0.3 is 4.90 Å². The summed E-state index contributed by atoms with van der Waals surface area (Å²) in [5.41, 5.74) is 1.27. The molecule has 104 valence electrons. The summed E-state index contributed by atoms with van der Waals surface area (Å²) in [7, 11) is -3.39. The van der Waals surface area contributed by atoms with E-state index in [-0.39, 0.29) is 17.5 Å². The molecule has 2 rings (SSSR count). The monoisotopic (exact) mass is 302 g/mol. The highest BCUT2D eigenvalue weighted by Crippen LogP contribution is 2.23. The summed E-state index contributed by atoms with van der Waals surface area (Å²) in [5.74, 6) is 0.0341. The lowest BCUT2D eigenvalue weighted by molar-refractivity contribution is -0.117. The molecule has 0 spiro atoms. The number of benzene rings is 1. The highest BCUT2D eigenvalue weighted by molar-refractivity contribution is 7.92. The molecule has 0 bridgehead atoms. The van der Waals surface area contributed by atoms with Crippen LogP contribution in [0.4, 0.5) is 11.4 Å². The molecule has 1 heterocycles. The number of nitrogens with one attached hydrogen (secondary N) is 1. The second kappa shape index (κ2) is 5.79. The number of sulfonamides is 1. The van der Waals surface area contributed by atoms with Gasteiger partial charge in [0.1, 0.15) is 0 Å². The highest BCUT2D eigenvalue weighted by atomic mass is 35.5. The third-order valence-corrected chi connectivity index (χ3v) is 4.57. The molecule has 0 unspecified atom stereocenters. The Labute approximate surface area is 117 Å². The first-order valence-corrected chi connectivity index (χ1v) is 8.17. The first-order valence-electron chi connectivity index (χ1n) is 5.99. The Bertz CT molecular complexity index is 557. The first kappa shape index (κ1) is 14.1. The van der Waals surface area contributed by atoms with Gasteiger partial charge in [-0.25, -0.2) is 8.42 Å². The number of nitrogens with zero attached hydrogens (tertiary/aromatic N) is 1. The minimum absolute atomic E-state index is 0.0513. The van der Waals surface area contributed by atoms with Crippen molar-refractivity contribution in [3.05, 3.63) is 24.3 Å². The minimum Gasteiger partial charge on any atom is -0.312 e. The van der Waals surface area contributed by atoms with Crippen molar-refractivity contribution < 1.29 is 13.2 Å². The zero-order chi connectivity index (χ0) is 13.9. The summed E-state index contributed by atoms with van der Waals surface area (Å²) in [6.45, 7) is 0.718. The number of carbonyl (C=O) groups is 1. The zero-order valence-electron chi connectivity index (χ0n) is 10.3. The Hall–Kier alpha value is -1.27. The van der Waals surface area contributed by atoms with Crippen LogP contribution in [-0.4, -0.2) is 32.5 Å². The molecule has 0 saturated carbocycles. The molecule has 1 amide bonds. The number of alkyl halides is 1. The predicted octanol–water partition coefficient (Wildman–Crippen LogP) is 1.79. The van der Waals surface area contributed by atoms with Gasteiger partial charge >= 0.3 is 0 Å². The number of amides is 1. The lowest BCUT2D eigenvalue weighted by Gasteiger charge is -2.16. The number of anilines is 2. The van der Waals surface area contributed by atoms with Crippen LogP contribution in [0.15, 0.2) is 24.3 Å². The van der Waals surface area contributed by atoms with Crippen molar-refractivity contribution in [2.24, 2.45) is 0 Å². The van der Waals surface area contributed by atoms with E-state index in [0.29, 0.717) is 12.1 Å². The number of hydrogen-bond acceptors (Lipinski definition) is 3. The maximum absolute atomic E-state index is 11.6. The van der Waals surface area contributed by atoms with Gasteiger partial charge in [0.2, 0.25) is 15.9 Å². The number of halogens is 1.